The maximum atomic E-state index is 11.2. The van der Waals surface area contributed by atoms with Gasteiger partial charge in [0.25, 0.3) is 0 Å². The van der Waals surface area contributed by atoms with Crippen molar-refractivity contribution < 1.29 is 22.2 Å². The monoisotopic (exact) mass is 344 g/mol. The van der Waals surface area contributed by atoms with Crippen molar-refractivity contribution in [3.8, 4) is 0 Å². The Kier molecular flexibility index (Phi) is 12.5. The van der Waals surface area contributed by atoms with E-state index in [9.17, 15) is 5.11 Å². The minimum Gasteiger partial charge on any atom is -0.875 e. The van der Waals surface area contributed by atoms with E-state index in [2.05, 4.69) is 43.8 Å². The number of unbranched alkanes of at least 4 members (excludes halogenated alkanes) is 1. The van der Waals surface area contributed by atoms with Gasteiger partial charge in [0.1, 0.15) is 0 Å². The molecule has 1 aromatic rings. The topological polar surface area (TPSA) is 23.1 Å². The van der Waals surface area contributed by atoms with E-state index in [1.54, 1.807) is 0 Å². The second kappa shape index (κ2) is 12.9. The third-order valence-electron chi connectivity index (χ3n) is 3.10. The number of hydrogen-bond acceptors (Lipinski definition) is 2. The Labute approximate surface area is 145 Å². The van der Waals surface area contributed by atoms with Crippen LogP contribution in [0.5, 0.6) is 0 Å². The van der Waals surface area contributed by atoms with Crippen molar-refractivity contribution in [1.29, 1.82) is 0 Å². The number of hydrogen-bond donors (Lipinski definition) is 1. The Bertz CT molecular complexity index is 430. The van der Waals surface area contributed by atoms with Gasteiger partial charge in [-0.15, -0.1) is 5.76 Å². The van der Waals surface area contributed by atoms with E-state index in [-0.39, 0.29) is 22.8 Å². The average Bonchev–Trinajstić information content (AvgIpc) is 3.15. The predicted molar refractivity (Wildman–Crippen MR) is 89.0 cm³/mol. The molecule has 1 aliphatic carbocycles. The second-order valence-corrected chi connectivity index (χ2v) is 5.27. The molecule has 0 heterocycles. The fourth-order valence-corrected chi connectivity index (χ4v) is 2.06. The molecule has 0 atom stereocenters. The molecule has 0 amide bonds. The van der Waals surface area contributed by atoms with Crippen LogP contribution in [0.3, 0.4) is 0 Å². The zero-order valence-corrected chi connectivity index (χ0v) is 14.6. The van der Waals surface area contributed by atoms with Crippen molar-refractivity contribution in [3.05, 3.63) is 65.5 Å². The van der Waals surface area contributed by atoms with Crippen LogP contribution in [-0.2, 0) is 23.5 Å². The summed E-state index contributed by atoms with van der Waals surface area (Å²) in [5.74, 6) is 1.01. The molecule has 21 heavy (non-hydrogen) atoms. The summed E-state index contributed by atoms with van der Waals surface area (Å²) in [6.07, 6.45) is 12.8. The molecule has 0 saturated carbocycles. The van der Waals surface area contributed by atoms with Gasteiger partial charge in [0.05, 0.1) is 0 Å². The molecule has 0 spiro atoms. The smallest absolute Gasteiger partial charge is 0.875 e. The fourth-order valence-electron chi connectivity index (χ4n) is 1.91. The summed E-state index contributed by atoms with van der Waals surface area (Å²) in [5.41, 5.74) is 2.31. The minimum absolute atomic E-state index is 0. The van der Waals surface area contributed by atoms with Crippen LogP contribution in [0, 0.1) is 0 Å². The summed E-state index contributed by atoms with van der Waals surface area (Å²) in [5, 5.41) is 11.2. The molecule has 2 rings (SSSR count). The maximum Gasteiger partial charge on any atom is 2.00 e. The van der Waals surface area contributed by atoms with Crippen LogP contribution in [0.15, 0.2) is 59.9 Å². The van der Waals surface area contributed by atoms with E-state index >= 15 is 0 Å². The molecule has 0 N–H and O–H groups in total. The molecular weight excluding hydrogens is 320 g/mol. The molecule has 1 aliphatic rings. The van der Waals surface area contributed by atoms with Crippen molar-refractivity contribution in [2.24, 2.45) is 0 Å². The summed E-state index contributed by atoms with van der Waals surface area (Å²) in [6.45, 7) is 2.23. The molecule has 0 saturated heterocycles. The summed E-state index contributed by atoms with van der Waals surface area (Å²) < 4.78 is 0. The first-order valence-corrected chi connectivity index (χ1v) is 7.97. The number of thiol groups is 1. The summed E-state index contributed by atoms with van der Waals surface area (Å²) >= 11 is 4.04. The van der Waals surface area contributed by atoms with Crippen molar-refractivity contribution in [1.82, 2.24) is 0 Å². The Morgan fingerprint density at radius 1 is 1.24 bits per heavy atom. The molecule has 0 unspecified atom stereocenters. The first kappa shape index (κ1) is 20.2. The van der Waals surface area contributed by atoms with Gasteiger partial charge in [0, 0.05) is 0 Å². The van der Waals surface area contributed by atoms with Crippen LogP contribution in [0.25, 0.3) is 0 Å². The van der Waals surface area contributed by atoms with Crippen LogP contribution in [0.1, 0.15) is 38.2 Å². The quantitative estimate of drug-likeness (QED) is 0.356. The van der Waals surface area contributed by atoms with E-state index in [0.29, 0.717) is 6.42 Å². The molecular formula is C18H24FeOS. The standard InChI is InChI=1S/C9H12OS.C9H13.Fe/c10-9(6-3-7-11)8-4-1-2-5-8;1-2-3-6-9-7-4-5-8-9;/h1-2,4-5,10-11H,3,6-7H2;4-5,7-8H,2-3,6H2,1H3;/q;-1;+2/p-1. The van der Waals surface area contributed by atoms with Crippen LogP contribution in [0.2, 0.25) is 0 Å². The van der Waals surface area contributed by atoms with E-state index in [0.717, 1.165) is 17.7 Å². The van der Waals surface area contributed by atoms with Gasteiger partial charge in [0.2, 0.25) is 0 Å². The van der Waals surface area contributed by atoms with Crippen molar-refractivity contribution >= 4 is 12.6 Å². The van der Waals surface area contributed by atoms with Crippen LogP contribution in [-0.4, -0.2) is 5.75 Å². The van der Waals surface area contributed by atoms with Crippen molar-refractivity contribution in [3.63, 3.8) is 0 Å². The zero-order valence-electron chi connectivity index (χ0n) is 12.6. The minimum atomic E-state index is 0. The first-order valence-electron chi connectivity index (χ1n) is 7.34. The van der Waals surface area contributed by atoms with Gasteiger partial charge < -0.3 is 5.11 Å². The third-order valence-corrected chi connectivity index (χ3v) is 3.41. The van der Waals surface area contributed by atoms with Gasteiger partial charge in [0.15, 0.2) is 0 Å². The van der Waals surface area contributed by atoms with Gasteiger partial charge in [-0.25, -0.2) is 12.1 Å². The zero-order chi connectivity index (χ0) is 14.6. The second-order valence-electron chi connectivity index (χ2n) is 4.82. The third kappa shape index (κ3) is 8.98. The van der Waals surface area contributed by atoms with Gasteiger partial charge in [-0.3, -0.25) is 0 Å². The molecule has 1 nitrogen and oxygen atoms in total. The van der Waals surface area contributed by atoms with Crippen LogP contribution >= 0.6 is 12.6 Å². The molecule has 0 aliphatic heterocycles. The molecule has 116 valence electrons. The fraction of sp³-hybridized carbons (Fsp3) is 0.389. The number of allylic oxidation sites excluding steroid dienone is 6. The average molecular weight is 344 g/mol. The summed E-state index contributed by atoms with van der Waals surface area (Å²) in [6, 6.07) is 8.58. The van der Waals surface area contributed by atoms with E-state index in [1.807, 2.05) is 24.3 Å². The Morgan fingerprint density at radius 3 is 2.48 bits per heavy atom. The molecule has 0 bridgehead atoms. The normalized spacial score (nSPS) is 11.8. The van der Waals surface area contributed by atoms with Crippen LogP contribution in [0.4, 0.5) is 0 Å². The molecule has 0 radical (unpaired) electrons. The van der Waals surface area contributed by atoms with Gasteiger partial charge in [-0.05, 0) is 24.2 Å². The number of aryl methyl sites for hydroxylation is 1. The Hall–Kier alpha value is -0.761. The van der Waals surface area contributed by atoms with E-state index < -0.39 is 0 Å². The molecule has 1 aromatic carbocycles. The largest absolute Gasteiger partial charge is 2.00 e. The van der Waals surface area contributed by atoms with E-state index in [1.165, 1.54) is 24.8 Å². The first-order chi connectivity index (χ1) is 9.77. The van der Waals surface area contributed by atoms with Gasteiger partial charge >= 0.3 is 17.1 Å². The molecule has 0 aromatic heterocycles. The van der Waals surface area contributed by atoms with Crippen molar-refractivity contribution in [2.75, 3.05) is 5.75 Å². The summed E-state index contributed by atoms with van der Waals surface area (Å²) in [4.78, 5) is 0. The predicted octanol–water partition coefficient (Wildman–Crippen LogP) is 4.18. The molecule has 3 heteroatoms. The Balaban J connectivity index is 0.000000370. The van der Waals surface area contributed by atoms with Gasteiger partial charge in [-0.1, -0.05) is 50.5 Å². The number of rotatable bonds is 6. The maximum absolute atomic E-state index is 11.2. The Morgan fingerprint density at radius 2 is 1.95 bits per heavy atom. The molecule has 0 fully saturated rings. The van der Waals surface area contributed by atoms with Crippen LogP contribution < -0.4 is 5.11 Å². The summed E-state index contributed by atoms with van der Waals surface area (Å²) in [7, 11) is 0. The van der Waals surface area contributed by atoms with Gasteiger partial charge in [-0.2, -0.15) is 30.3 Å². The SMILES string of the molecule is CCCCc1ccc[cH-]1.[Fe+2].[O-]C(CCCS)=C1C=CC=C1. The van der Waals surface area contributed by atoms with E-state index in [4.69, 9.17) is 0 Å². The van der Waals surface area contributed by atoms with Crippen molar-refractivity contribution in [2.45, 2.75) is 39.0 Å².